The molecule has 1 unspecified atom stereocenters. The van der Waals surface area contributed by atoms with Gasteiger partial charge in [0.2, 0.25) is 0 Å². The van der Waals surface area contributed by atoms with Crippen molar-refractivity contribution >= 4 is 12.8 Å². The molecule has 0 saturated carbocycles. The van der Waals surface area contributed by atoms with E-state index >= 15 is 0 Å². The second kappa shape index (κ2) is 3.51. The van der Waals surface area contributed by atoms with Crippen LogP contribution in [0.15, 0.2) is 16.4 Å². The average molecular weight is 220 g/mol. The molecule has 0 radical (unpaired) electrons. The Labute approximate surface area is 79.7 Å². The minimum Gasteiger partial charge on any atom is -0.410 e. The number of nitro groups is 1. The van der Waals surface area contributed by atoms with E-state index in [1.54, 1.807) is 0 Å². The van der Waals surface area contributed by atoms with Crippen molar-refractivity contribution < 1.29 is 19.2 Å². The van der Waals surface area contributed by atoms with Crippen LogP contribution in [-0.4, -0.2) is 28.9 Å². The van der Waals surface area contributed by atoms with Gasteiger partial charge in [-0.05, 0) is 6.92 Å². The predicted octanol–water partition coefficient (Wildman–Crippen LogP) is 1.26. The second-order valence-corrected chi connectivity index (χ2v) is 5.22. The van der Waals surface area contributed by atoms with E-state index in [1.807, 2.05) is 0 Å². The summed E-state index contributed by atoms with van der Waals surface area (Å²) in [6, 6.07) is 0. The molecule has 0 aromatic heterocycles. The Balaban J connectivity index is 3.25. The van der Waals surface area contributed by atoms with Crippen LogP contribution in [0.4, 0.5) is 0 Å². The zero-order chi connectivity index (χ0) is 10.9. The lowest BCUT2D eigenvalue weighted by Gasteiger charge is -2.07. The van der Waals surface area contributed by atoms with Crippen molar-refractivity contribution in [2.45, 2.75) is 6.92 Å². The van der Waals surface area contributed by atoms with Gasteiger partial charge in [0.05, 0.1) is 10.5 Å². The first-order valence-corrected chi connectivity index (χ1v) is 5.49. The van der Waals surface area contributed by atoms with E-state index in [1.165, 1.54) is 14.0 Å². The van der Waals surface area contributed by atoms with Crippen molar-refractivity contribution in [1.82, 2.24) is 0 Å². The molecule has 1 aliphatic heterocycles. The van der Waals surface area contributed by atoms with E-state index in [0.29, 0.717) is 0 Å². The molecule has 14 heavy (non-hydrogen) atoms. The fourth-order valence-electron chi connectivity index (χ4n) is 1.26. The van der Waals surface area contributed by atoms with Gasteiger partial charge in [0.15, 0.2) is 5.45 Å². The maximum absolute atomic E-state index is 11.8. The minimum atomic E-state index is -3.34. The van der Waals surface area contributed by atoms with Crippen LogP contribution in [0.3, 0.4) is 0 Å². The molecule has 0 saturated heterocycles. The summed E-state index contributed by atoms with van der Waals surface area (Å²) in [4.78, 5) is 9.87. The number of hydrogen-bond donors (Lipinski definition) is 1. The molecular weight excluding hydrogens is 211 g/mol. The summed E-state index contributed by atoms with van der Waals surface area (Å²) >= 11 is 0. The minimum absolute atomic E-state index is 0.114. The fraction of sp³-hybridized carbons (Fsp3) is 0.500. The molecule has 1 heterocycles. The molecular formula is C6H9N2O5P. The third-order valence-corrected chi connectivity index (χ3v) is 4.43. The third-order valence-electron chi connectivity index (χ3n) is 2.06. The summed E-state index contributed by atoms with van der Waals surface area (Å²) in [5, 5.41) is 21.9. The first kappa shape index (κ1) is 10.9. The molecule has 0 aromatic carbocycles. The van der Waals surface area contributed by atoms with Gasteiger partial charge in [-0.3, -0.25) is 14.7 Å². The third kappa shape index (κ3) is 1.44. The molecule has 8 heteroatoms. The number of nitrogens with zero attached hydrogens (tertiary/aromatic N) is 2. The quantitative estimate of drug-likeness (QED) is 0.326. The van der Waals surface area contributed by atoms with E-state index < -0.39 is 12.3 Å². The number of hydrogen-bond acceptors (Lipinski definition) is 6. The zero-order valence-electron chi connectivity index (χ0n) is 7.63. The number of rotatable bonds is 2. The molecule has 1 atom stereocenters. The highest BCUT2D eigenvalue weighted by Crippen LogP contribution is 2.56. The van der Waals surface area contributed by atoms with Crippen LogP contribution < -0.4 is 0 Å². The fourth-order valence-corrected chi connectivity index (χ4v) is 3.24. The van der Waals surface area contributed by atoms with Crippen molar-refractivity contribution in [3.63, 3.8) is 0 Å². The lowest BCUT2D eigenvalue weighted by Crippen LogP contribution is -2.00. The van der Waals surface area contributed by atoms with Gasteiger partial charge in [-0.1, -0.05) is 5.16 Å². The molecule has 78 valence electrons. The predicted molar refractivity (Wildman–Crippen MR) is 48.4 cm³/mol. The molecule has 1 rings (SSSR count). The Morgan fingerprint density at radius 2 is 2.29 bits per heavy atom. The molecule has 0 spiro atoms. The van der Waals surface area contributed by atoms with Crippen molar-refractivity contribution in [2.75, 3.05) is 13.3 Å². The van der Waals surface area contributed by atoms with Crippen LogP contribution in [0.5, 0.6) is 0 Å². The topological polar surface area (TPSA) is 102 Å². The van der Waals surface area contributed by atoms with Gasteiger partial charge >= 0.3 is 0 Å². The number of oxime groups is 1. The van der Waals surface area contributed by atoms with Crippen LogP contribution in [0.1, 0.15) is 6.92 Å². The molecule has 0 bridgehead atoms. The molecule has 0 fully saturated rings. The Kier molecular flexibility index (Phi) is 2.73. The SMILES string of the molecule is COP1(=O)CC([N+](=O)[O-])=C(C)C1=NO. The highest BCUT2D eigenvalue weighted by atomic mass is 31.2. The van der Waals surface area contributed by atoms with E-state index in [4.69, 9.17) is 5.21 Å². The average Bonchev–Trinajstić information content (AvgIpc) is 2.39. The highest BCUT2D eigenvalue weighted by Gasteiger charge is 2.45. The first-order chi connectivity index (χ1) is 6.46. The summed E-state index contributed by atoms with van der Waals surface area (Å²) in [6.07, 6.45) is -0.318. The van der Waals surface area contributed by atoms with Crippen LogP contribution in [0.25, 0.3) is 0 Å². The zero-order valence-corrected chi connectivity index (χ0v) is 8.52. The van der Waals surface area contributed by atoms with Crippen molar-refractivity contribution in [2.24, 2.45) is 5.16 Å². The molecule has 7 nitrogen and oxygen atoms in total. The molecule has 0 aliphatic carbocycles. The van der Waals surface area contributed by atoms with Gasteiger partial charge < -0.3 is 9.73 Å². The van der Waals surface area contributed by atoms with Gasteiger partial charge in [-0.15, -0.1) is 0 Å². The van der Waals surface area contributed by atoms with Crippen LogP contribution in [0, 0.1) is 10.1 Å². The summed E-state index contributed by atoms with van der Waals surface area (Å²) in [7, 11) is -2.17. The van der Waals surface area contributed by atoms with E-state index in [0.717, 1.165) is 0 Å². The van der Waals surface area contributed by atoms with Gasteiger partial charge in [0, 0.05) is 7.11 Å². The van der Waals surface area contributed by atoms with Gasteiger partial charge in [0.1, 0.15) is 6.16 Å². The van der Waals surface area contributed by atoms with E-state index in [-0.39, 0.29) is 22.9 Å². The Morgan fingerprint density at radius 1 is 1.71 bits per heavy atom. The van der Waals surface area contributed by atoms with Gasteiger partial charge in [-0.25, -0.2) is 0 Å². The summed E-state index contributed by atoms with van der Waals surface area (Å²) in [5.41, 5.74) is -0.322. The Morgan fingerprint density at radius 3 is 2.57 bits per heavy atom. The van der Waals surface area contributed by atoms with E-state index in [2.05, 4.69) is 9.68 Å². The van der Waals surface area contributed by atoms with Gasteiger partial charge in [0.25, 0.3) is 13.1 Å². The van der Waals surface area contributed by atoms with Crippen LogP contribution >= 0.6 is 7.37 Å². The second-order valence-electron chi connectivity index (χ2n) is 2.77. The molecule has 0 aromatic rings. The Hall–Kier alpha value is -1.20. The van der Waals surface area contributed by atoms with Crippen LogP contribution in [-0.2, 0) is 9.09 Å². The van der Waals surface area contributed by atoms with Crippen molar-refractivity contribution in [3.8, 4) is 0 Å². The monoisotopic (exact) mass is 220 g/mol. The summed E-state index contributed by atoms with van der Waals surface area (Å²) < 4.78 is 16.5. The van der Waals surface area contributed by atoms with Crippen molar-refractivity contribution in [3.05, 3.63) is 21.4 Å². The molecule has 1 N–H and O–H groups in total. The molecule has 0 amide bonds. The standard InChI is InChI=1S/C6H9N2O5P/c1-4-5(8(10)11)3-14(12,13-2)6(4)7-9/h9H,3H2,1-2H3. The largest absolute Gasteiger partial charge is 0.410 e. The highest BCUT2D eigenvalue weighted by molar-refractivity contribution is 7.78. The first-order valence-electron chi connectivity index (χ1n) is 3.68. The maximum Gasteiger partial charge on any atom is 0.264 e. The number of allylic oxidation sites excluding steroid dienone is 2. The maximum atomic E-state index is 11.8. The van der Waals surface area contributed by atoms with E-state index in [9.17, 15) is 14.7 Å². The lowest BCUT2D eigenvalue weighted by atomic mass is 10.3. The normalized spacial score (nSPS) is 30.0. The Bertz CT molecular complexity index is 386. The summed E-state index contributed by atoms with van der Waals surface area (Å²) in [6.45, 7) is 1.38. The molecule has 1 aliphatic rings. The summed E-state index contributed by atoms with van der Waals surface area (Å²) in [5.74, 6) is 0. The smallest absolute Gasteiger partial charge is 0.264 e. The lowest BCUT2D eigenvalue weighted by molar-refractivity contribution is -0.424. The van der Waals surface area contributed by atoms with Crippen LogP contribution in [0.2, 0.25) is 0 Å². The van der Waals surface area contributed by atoms with Gasteiger partial charge in [-0.2, -0.15) is 0 Å². The van der Waals surface area contributed by atoms with Crippen molar-refractivity contribution in [1.29, 1.82) is 0 Å².